The third-order valence-electron chi connectivity index (χ3n) is 5.61. The van der Waals surface area contributed by atoms with E-state index in [0.29, 0.717) is 13.2 Å². The Hall–Kier alpha value is -2.86. The van der Waals surface area contributed by atoms with Crippen LogP contribution in [-0.4, -0.2) is 30.1 Å². The molecule has 0 bridgehead atoms. The van der Waals surface area contributed by atoms with Crippen LogP contribution in [-0.2, 0) is 11.2 Å². The van der Waals surface area contributed by atoms with Gasteiger partial charge in [-0.2, -0.15) is 0 Å². The third kappa shape index (κ3) is 4.96. The van der Waals surface area contributed by atoms with Crippen LogP contribution in [0.4, 0.5) is 5.69 Å². The number of hydrogen-bond donors (Lipinski definition) is 0. The van der Waals surface area contributed by atoms with E-state index in [0.717, 1.165) is 64.7 Å². The summed E-state index contributed by atoms with van der Waals surface area (Å²) in [5, 5.41) is 3.24. The molecule has 0 radical (unpaired) electrons. The van der Waals surface area contributed by atoms with E-state index in [9.17, 15) is 4.79 Å². The molecule has 1 unspecified atom stereocenters. The molecular formula is C26H30N2O3S. The maximum absolute atomic E-state index is 12.9. The van der Waals surface area contributed by atoms with Crippen molar-refractivity contribution in [3.63, 3.8) is 0 Å². The molecule has 1 aromatic heterocycles. The van der Waals surface area contributed by atoms with Crippen molar-refractivity contribution in [2.75, 3.05) is 18.1 Å². The number of amides is 1. The predicted octanol–water partition coefficient (Wildman–Crippen LogP) is 6.04. The molecule has 6 heteroatoms. The van der Waals surface area contributed by atoms with E-state index >= 15 is 0 Å². The van der Waals surface area contributed by atoms with Gasteiger partial charge in [-0.05, 0) is 69.4 Å². The summed E-state index contributed by atoms with van der Waals surface area (Å²) in [5.41, 5.74) is 3.94. The maximum atomic E-state index is 12.9. The van der Waals surface area contributed by atoms with Gasteiger partial charge in [-0.3, -0.25) is 4.79 Å². The first-order valence-electron chi connectivity index (χ1n) is 11.3. The Labute approximate surface area is 194 Å². The molecule has 3 aromatic rings. The van der Waals surface area contributed by atoms with E-state index in [1.54, 1.807) is 11.3 Å². The molecule has 32 heavy (non-hydrogen) atoms. The summed E-state index contributed by atoms with van der Waals surface area (Å²) in [6.45, 7) is 7.28. The fraction of sp³-hybridized carbons (Fsp3) is 0.385. The van der Waals surface area contributed by atoms with Gasteiger partial charge in [-0.1, -0.05) is 25.1 Å². The molecule has 1 aliphatic heterocycles. The zero-order valence-corrected chi connectivity index (χ0v) is 19.8. The molecule has 2 aromatic carbocycles. The minimum atomic E-state index is -0.480. The number of ether oxygens (including phenoxy) is 2. The van der Waals surface area contributed by atoms with Gasteiger partial charge in [0.2, 0.25) is 0 Å². The highest BCUT2D eigenvalue weighted by Gasteiger charge is 2.31. The highest BCUT2D eigenvalue weighted by molar-refractivity contribution is 7.09. The Morgan fingerprint density at radius 3 is 2.84 bits per heavy atom. The van der Waals surface area contributed by atoms with Crippen molar-refractivity contribution in [1.29, 1.82) is 0 Å². The third-order valence-corrected chi connectivity index (χ3v) is 6.51. The van der Waals surface area contributed by atoms with Gasteiger partial charge in [0.1, 0.15) is 11.5 Å². The number of unbranched alkanes of at least 4 members (excludes halogenated alkanes) is 1. The fourth-order valence-electron chi connectivity index (χ4n) is 3.84. The van der Waals surface area contributed by atoms with Gasteiger partial charge in [-0.25, -0.2) is 4.98 Å². The van der Waals surface area contributed by atoms with E-state index in [2.05, 4.69) is 12.3 Å². The summed E-state index contributed by atoms with van der Waals surface area (Å²) in [5.74, 6) is 1.67. The molecule has 0 saturated carbocycles. The quantitative estimate of drug-likeness (QED) is 0.373. The first kappa shape index (κ1) is 22.3. The summed E-state index contributed by atoms with van der Waals surface area (Å²) in [4.78, 5) is 19.5. The van der Waals surface area contributed by atoms with Gasteiger partial charge in [0, 0.05) is 17.5 Å². The standard InChI is InChI=1S/C26H30N2O3S/c1-4-9-25-27-21(17-32-25)20-12-13-24-22(16-20)28(26(29)19(3)31-24)14-7-8-15-30-23-11-6-5-10-18(23)2/h5-6,10-13,16-17,19H,4,7-9,14-15H2,1-3H3. The van der Waals surface area contributed by atoms with E-state index in [-0.39, 0.29) is 5.91 Å². The highest BCUT2D eigenvalue weighted by Crippen LogP contribution is 2.38. The van der Waals surface area contributed by atoms with E-state index < -0.39 is 6.10 Å². The lowest BCUT2D eigenvalue weighted by Crippen LogP contribution is -2.45. The van der Waals surface area contributed by atoms with Crippen LogP contribution in [0.1, 0.15) is 43.7 Å². The molecule has 1 aliphatic rings. The van der Waals surface area contributed by atoms with Gasteiger partial charge in [0.15, 0.2) is 6.10 Å². The molecule has 168 valence electrons. The number of fused-ring (bicyclic) bond motifs is 1. The number of hydrogen-bond acceptors (Lipinski definition) is 5. The first-order valence-corrected chi connectivity index (χ1v) is 12.2. The van der Waals surface area contributed by atoms with Crippen molar-refractivity contribution in [2.45, 2.75) is 52.6 Å². The van der Waals surface area contributed by atoms with Crippen LogP contribution in [0.25, 0.3) is 11.3 Å². The summed E-state index contributed by atoms with van der Waals surface area (Å²) in [6, 6.07) is 14.1. The number of para-hydroxylation sites is 1. The number of aryl methyl sites for hydroxylation is 2. The van der Waals surface area contributed by atoms with Crippen LogP contribution in [0.5, 0.6) is 11.5 Å². The van der Waals surface area contributed by atoms with Gasteiger partial charge in [0.05, 0.1) is 23.0 Å². The maximum Gasteiger partial charge on any atom is 0.267 e. The van der Waals surface area contributed by atoms with Crippen molar-refractivity contribution in [3.05, 3.63) is 58.4 Å². The van der Waals surface area contributed by atoms with E-state index in [4.69, 9.17) is 14.5 Å². The minimum absolute atomic E-state index is 0.000535. The lowest BCUT2D eigenvalue weighted by atomic mass is 10.1. The Morgan fingerprint density at radius 1 is 1.19 bits per heavy atom. The van der Waals surface area contributed by atoms with Crippen LogP contribution in [0, 0.1) is 6.92 Å². The van der Waals surface area contributed by atoms with Gasteiger partial charge < -0.3 is 14.4 Å². The summed E-state index contributed by atoms with van der Waals surface area (Å²) in [7, 11) is 0. The highest BCUT2D eigenvalue weighted by atomic mass is 32.1. The largest absolute Gasteiger partial charge is 0.493 e. The average molecular weight is 451 g/mol. The second-order valence-corrected chi connectivity index (χ2v) is 9.07. The van der Waals surface area contributed by atoms with Crippen LogP contribution in [0.15, 0.2) is 47.8 Å². The molecule has 0 N–H and O–H groups in total. The fourth-order valence-corrected chi connectivity index (χ4v) is 4.75. The van der Waals surface area contributed by atoms with Crippen molar-refractivity contribution in [2.24, 2.45) is 0 Å². The van der Waals surface area contributed by atoms with Crippen LogP contribution >= 0.6 is 11.3 Å². The molecule has 0 saturated heterocycles. The minimum Gasteiger partial charge on any atom is -0.493 e. The van der Waals surface area contributed by atoms with E-state index in [1.807, 2.05) is 61.2 Å². The van der Waals surface area contributed by atoms with Gasteiger partial charge in [-0.15, -0.1) is 11.3 Å². The molecule has 0 spiro atoms. The lowest BCUT2D eigenvalue weighted by molar-refractivity contribution is -0.125. The van der Waals surface area contributed by atoms with Gasteiger partial charge in [0.25, 0.3) is 5.91 Å². The normalized spacial score (nSPS) is 15.4. The van der Waals surface area contributed by atoms with E-state index in [1.165, 1.54) is 0 Å². The summed E-state index contributed by atoms with van der Waals surface area (Å²) < 4.78 is 11.8. The summed E-state index contributed by atoms with van der Waals surface area (Å²) in [6.07, 6.45) is 3.32. The number of nitrogens with zero attached hydrogens (tertiary/aromatic N) is 2. The Balaban J connectivity index is 1.44. The number of carbonyl (C=O) groups is 1. The number of anilines is 1. The molecule has 5 nitrogen and oxygen atoms in total. The van der Waals surface area contributed by atoms with Crippen molar-refractivity contribution in [3.8, 4) is 22.8 Å². The lowest BCUT2D eigenvalue weighted by Gasteiger charge is -2.33. The average Bonchev–Trinajstić information content (AvgIpc) is 3.26. The Morgan fingerprint density at radius 2 is 2.03 bits per heavy atom. The molecule has 0 aliphatic carbocycles. The van der Waals surface area contributed by atoms with Gasteiger partial charge >= 0.3 is 0 Å². The SMILES string of the molecule is CCCc1nc(-c2ccc3c(c2)N(CCCCOc2ccccc2C)C(=O)C(C)O3)cs1. The number of rotatable bonds is 9. The topological polar surface area (TPSA) is 51.7 Å². The van der Waals surface area contributed by atoms with Crippen LogP contribution < -0.4 is 14.4 Å². The van der Waals surface area contributed by atoms with Crippen molar-refractivity contribution < 1.29 is 14.3 Å². The molecule has 2 heterocycles. The Kier molecular flexibility index (Phi) is 7.10. The molecule has 0 fully saturated rings. The van der Waals surface area contributed by atoms with Crippen molar-refractivity contribution >= 4 is 22.9 Å². The molecular weight excluding hydrogens is 420 g/mol. The zero-order valence-electron chi connectivity index (χ0n) is 19.0. The van der Waals surface area contributed by atoms with Crippen LogP contribution in [0.3, 0.4) is 0 Å². The number of benzene rings is 2. The monoisotopic (exact) mass is 450 g/mol. The van der Waals surface area contributed by atoms with Crippen LogP contribution in [0.2, 0.25) is 0 Å². The number of aromatic nitrogens is 1. The molecule has 1 amide bonds. The number of thiazole rings is 1. The zero-order chi connectivity index (χ0) is 22.5. The Bertz CT molecular complexity index is 1080. The smallest absolute Gasteiger partial charge is 0.267 e. The van der Waals surface area contributed by atoms with Crippen molar-refractivity contribution in [1.82, 2.24) is 4.98 Å². The summed E-state index contributed by atoms with van der Waals surface area (Å²) >= 11 is 1.69. The molecule has 1 atom stereocenters. The molecule has 4 rings (SSSR count). The first-order chi connectivity index (χ1) is 15.6. The second kappa shape index (κ2) is 10.2. The second-order valence-electron chi connectivity index (χ2n) is 8.13. The number of carbonyl (C=O) groups excluding carboxylic acids is 1. The predicted molar refractivity (Wildman–Crippen MR) is 130 cm³/mol.